The molecule has 0 saturated heterocycles. The molecule has 3 rings (SSSR count). The zero-order valence-corrected chi connectivity index (χ0v) is 12.9. The van der Waals surface area contributed by atoms with Gasteiger partial charge in [0, 0.05) is 17.7 Å². The van der Waals surface area contributed by atoms with E-state index in [0.29, 0.717) is 11.3 Å². The Kier molecular flexibility index (Phi) is 4.05. The number of esters is 1. The van der Waals surface area contributed by atoms with Gasteiger partial charge in [0.15, 0.2) is 6.10 Å². The van der Waals surface area contributed by atoms with E-state index in [-0.39, 0.29) is 5.56 Å². The van der Waals surface area contributed by atoms with Crippen molar-refractivity contribution in [2.24, 2.45) is 0 Å². The van der Waals surface area contributed by atoms with Crippen LogP contribution in [-0.2, 0) is 4.74 Å². The first-order chi connectivity index (χ1) is 11.9. The zero-order valence-electron chi connectivity index (χ0n) is 12.9. The van der Waals surface area contributed by atoms with E-state index < -0.39 is 39.4 Å². The normalized spacial score (nSPS) is 18.1. The Morgan fingerprint density at radius 2 is 1.68 bits per heavy atom. The van der Waals surface area contributed by atoms with Gasteiger partial charge >= 0.3 is 5.97 Å². The molecular weight excluding hydrogens is 332 g/mol. The van der Waals surface area contributed by atoms with Crippen molar-refractivity contribution in [3.05, 3.63) is 73.8 Å². The van der Waals surface area contributed by atoms with E-state index in [1.165, 1.54) is 0 Å². The molecule has 9 nitrogen and oxygen atoms in total. The lowest BCUT2D eigenvalue weighted by atomic mass is 10.1. The van der Waals surface area contributed by atoms with Crippen LogP contribution in [0.3, 0.4) is 0 Å². The summed E-state index contributed by atoms with van der Waals surface area (Å²) < 4.78 is 11.0. The van der Waals surface area contributed by atoms with E-state index >= 15 is 0 Å². The largest absolute Gasteiger partial charge is 0.486 e. The van der Waals surface area contributed by atoms with Crippen molar-refractivity contribution in [1.82, 2.24) is 0 Å². The number of fused-ring (bicyclic) bond motifs is 1. The van der Waals surface area contributed by atoms with E-state index in [1.54, 1.807) is 31.2 Å². The van der Waals surface area contributed by atoms with Gasteiger partial charge in [-0.05, 0) is 13.0 Å². The third-order valence-electron chi connectivity index (χ3n) is 3.76. The highest BCUT2D eigenvalue weighted by Crippen LogP contribution is 2.39. The van der Waals surface area contributed by atoms with Crippen molar-refractivity contribution in [3.63, 3.8) is 0 Å². The minimum absolute atomic E-state index is 0.266. The van der Waals surface area contributed by atoms with Gasteiger partial charge in [0.25, 0.3) is 11.4 Å². The molecule has 0 spiro atoms. The molecule has 128 valence electrons. The van der Waals surface area contributed by atoms with Crippen molar-refractivity contribution in [1.29, 1.82) is 0 Å². The molecule has 2 aromatic rings. The van der Waals surface area contributed by atoms with Crippen LogP contribution in [0.15, 0.2) is 42.5 Å². The van der Waals surface area contributed by atoms with Crippen LogP contribution in [0.5, 0.6) is 5.75 Å². The second kappa shape index (κ2) is 6.19. The highest BCUT2D eigenvalue weighted by molar-refractivity contribution is 5.91. The van der Waals surface area contributed by atoms with Crippen LogP contribution in [0.25, 0.3) is 0 Å². The van der Waals surface area contributed by atoms with Gasteiger partial charge in [-0.2, -0.15) is 0 Å². The van der Waals surface area contributed by atoms with Crippen molar-refractivity contribution < 1.29 is 24.1 Å². The van der Waals surface area contributed by atoms with Crippen molar-refractivity contribution in [3.8, 4) is 5.75 Å². The number of nitro benzene ring substituents is 2. The summed E-state index contributed by atoms with van der Waals surface area (Å²) in [5, 5.41) is 21.8. The number of benzene rings is 2. The van der Waals surface area contributed by atoms with Gasteiger partial charge in [0.05, 0.1) is 21.5 Å². The first kappa shape index (κ1) is 16.4. The van der Waals surface area contributed by atoms with Gasteiger partial charge in [-0.3, -0.25) is 20.2 Å². The summed E-state index contributed by atoms with van der Waals surface area (Å²) in [4.78, 5) is 32.6. The van der Waals surface area contributed by atoms with Gasteiger partial charge in [-0.25, -0.2) is 4.79 Å². The number of carbonyl (C=O) groups excluding carboxylic acids is 1. The Bertz CT molecular complexity index is 848. The Labute approximate surface area is 141 Å². The summed E-state index contributed by atoms with van der Waals surface area (Å²) in [6, 6.07) is 9.69. The van der Waals surface area contributed by atoms with Gasteiger partial charge in [-0.15, -0.1) is 0 Å². The highest BCUT2D eigenvalue weighted by Gasteiger charge is 2.35. The smallest absolute Gasteiger partial charge is 0.339 e. The second-order valence-corrected chi connectivity index (χ2v) is 5.44. The quantitative estimate of drug-likeness (QED) is 0.474. The second-order valence-electron chi connectivity index (χ2n) is 5.44. The number of nitro groups is 2. The van der Waals surface area contributed by atoms with E-state index in [2.05, 4.69) is 0 Å². The van der Waals surface area contributed by atoms with Gasteiger partial charge < -0.3 is 9.47 Å². The molecule has 0 N–H and O–H groups in total. The molecule has 0 aromatic heterocycles. The molecule has 0 fully saturated rings. The third-order valence-corrected chi connectivity index (χ3v) is 3.76. The SMILES string of the molecule is CC1Oc2ccccc2C1OC(=O)c1cc([N+](=O)[O-])cc([N+](=O)[O-])c1. The number of ether oxygens (including phenoxy) is 2. The molecule has 2 aromatic carbocycles. The van der Waals surface area contributed by atoms with E-state index in [1.807, 2.05) is 0 Å². The average molecular weight is 344 g/mol. The van der Waals surface area contributed by atoms with E-state index in [4.69, 9.17) is 9.47 Å². The van der Waals surface area contributed by atoms with E-state index in [9.17, 15) is 25.0 Å². The maximum Gasteiger partial charge on any atom is 0.339 e. The fourth-order valence-electron chi connectivity index (χ4n) is 2.60. The predicted octanol–water partition coefficient (Wildman–Crippen LogP) is 3.18. The minimum Gasteiger partial charge on any atom is -0.486 e. The number of rotatable bonds is 4. The molecule has 2 unspecified atom stereocenters. The monoisotopic (exact) mass is 344 g/mol. The molecule has 9 heteroatoms. The Hall–Kier alpha value is -3.49. The summed E-state index contributed by atoms with van der Waals surface area (Å²) in [6.07, 6.45) is -1.16. The first-order valence-electron chi connectivity index (χ1n) is 7.27. The third kappa shape index (κ3) is 3.11. The summed E-state index contributed by atoms with van der Waals surface area (Å²) in [6.45, 7) is 1.72. The topological polar surface area (TPSA) is 122 Å². The number of nitrogens with zero attached hydrogens (tertiary/aromatic N) is 2. The molecule has 0 saturated carbocycles. The lowest BCUT2D eigenvalue weighted by molar-refractivity contribution is -0.394. The lowest BCUT2D eigenvalue weighted by Gasteiger charge is -2.16. The van der Waals surface area contributed by atoms with Crippen LogP contribution in [-0.4, -0.2) is 21.9 Å². The fraction of sp³-hybridized carbons (Fsp3) is 0.188. The first-order valence-corrected chi connectivity index (χ1v) is 7.27. The number of hydrogen-bond acceptors (Lipinski definition) is 7. The summed E-state index contributed by atoms with van der Waals surface area (Å²) >= 11 is 0. The zero-order chi connectivity index (χ0) is 18.1. The lowest BCUT2D eigenvalue weighted by Crippen LogP contribution is -2.20. The predicted molar refractivity (Wildman–Crippen MR) is 84.4 cm³/mol. The van der Waals surface area contributed by atoms with Crippen molar-refractivity contribution in [2.45, 2.75) is 19.1 Å². The maximum atomic E-state index is 12.4. The molecule has 1 aliphatic rings. The molecule has 0 radical (unpaired) electrons. The summed E-state index contributed by atoms with van der Waals surface area (Å²) in [5.41, 5.74) is -0.713. The molecule has 1 aliphatic heterocycles. The van der Waals surface area contributed by atoms with E-state index in [0.717, 1.165) is 18.2 Å². The van der Waals surface area contributed by atoms with Gasteiger partial charge in [0.1, 0.15) is 11.9 Å². The molecule has 0 amide bonds. The van der Waals surface area contributed by atoms with Crippen LogP contribution >= 0.6 is 0 Å². The van der Waals surface area contributed by atoms with Gasteiger partial charge in [-0.1, -0.05) is 18.2 Å². The molecule has 25 heavy (non-hydrogen) atoms. The maximum absolute atomic E-state index is 12.4. The molecule has 0 bridgehead atoms. The number of hydrogen-bond donors (Lipinski definition) is 0. The molecule has 1 heterocycles. The summed E-state index contributed by atoms with van der Waals surface area (Å²) in [7, 11) is 0. The van der Waals surface area contributed by atoms with Crippen LogP contribution in [0.2, 0.25) is 0 Å². The van der Waals surface area contributed by atoms with Crippen LogP contribution < -0.4 is 4.74 Å². The van der Waals surface area contributed by atoms with Crippen LogP contribution in [0.4, 0.5) is 11.4 Å². The van der Waals surface area contributed by atoms with Gasteiger partial charge in [0.2, 0.25) is 0 Å². The Morgan fingerprint density at radius 3 is 2.28 bits per heavy atom. The summed E-state index contributed by atoms with van der Waals surface area (Å²) in [5.74, 6) is -0.318. The number of non-ortho nitro benzene ring substituents is 2. The highest BCUT2D eigenvalue weighted by atomic mass is 16.6. The fourth-order valence-corrected chi connectivity index (χ4v) is 2.60. The Morgan fingerprint density at radius 1 is 1.08 bits per heavy atom. The number of carbonyl (C=O) groups is 1. The molecular formula is C16H12N2O7. The molecule has 2 atom stereocenters. The standard InChI is InChI=1S/C16H12N2O7/c1-9-15(13-4-2-3-5-14(13)24-9)25-16(19)10-6-11(17(20)21)8-12(7-10)18(22)23/h2-9,15H,1H3. The average Bonchev–Trinajstić information content (AvgIpc) is 2.90. The van der Waals surface area contributed by atoms with Crippen LogP contribution in [0.1, 0.15) is 28.9 Å². The molecule has 0 aliphatic carbocycles. The minimum atomic E-state index is -0.899. The Balaban J connectivity index is 1.91. The van der Waals surface area contributed by atoms with Crippen molar-refractivity contribution in [2.75, 3.05) is 0 Å². The van der Waals surface area contributed by atoms with Crippen molar-refractivity contribution >= 4 is 17.3 Å². The number of para-hydroxylation sites is 1. The van der Waals surface area contributed by atoms with Crippen LogP contribution in [0, 0.1) is 20.2 Å².